The number of rotatable bonds is 2. The van der Waals surface area contributed by atoms with Gasteiger partial charge in [-0.05, 0) is 32.8 Å². The first kappa shape index (κ1) is 12.4. The van der Waals surface area contributed by atoms with Crippen LogP contribution in [0, 0.1) is 0 Å². The third kappa shape index (κ3) is 2.54. The first-order valence-electron chi connectivity index (χ1n) is 7.01. The topological polar surface area (TPSA) is 41.0 Å². The van der Waals surface area contributed by atoms with Crippen LogP contribution in [0.4, 0.5) is 5.95 Å². The van der Waals surface area contributed by atoms with Gasteiger partial charge in [0.25, 0.3) is 0 Å². The van der Waals surface area contributed by atoms with Gasteiger partial charge >= 0.3 is 0 Å². The van der Waals surface area contributed by atoms with Crippen molar-refractivity contribution in [1.29, 1.82) is 0 Å². The molecule has 0 bridgehead atoms. The highest BCUT2D eigenvalue weighted by atomic mass is 15.6. The van der Waals surface area contributed by atoms with E-state index in [1.165, 1.54) is 19.3 Å². The summed E-state index contributed by atoms with van der Waals surface area (Å²) >= 11 is 0. The Kier molecular flexibility index (Phi) is 3.34. The fourth-order valence-electron chi connectivity index (χ4n) is 2.78. The van der Waals surface area contributed by atoms with Crippen molar-refractivity contribution in [2.45, 2.75) is 45.2 Å². The minimum absolute atomic E-state index is 0.527. The molecule has 0 amide bonds. The number of hydrogen-bond acceptors (Lipinski definition) is 4. The van der Waals surface area contributed by atoms with Gasteiger partial charge in [-0.2, -0.15) is 0 Å². The van der Waals surface area contributed by atoms with E-state index in [1.54, 1.807) is 0 Å². The molecule has 3 rings (SSSR count). The number of hydrazine groups is 1. The maximum atomic E-state index is 4.57. The van der Waals surface area contributed by atoms with Crippen LogP contribution in [0.5, 0.6) is 0 Å². The quantitative estimate of drug-likeness (QED) is 0.895. The molecule has 2 unspecified atom stereocenters. The lowest BCUT2D eigenvalue weighted by Crippen LogP contribution is -2.47. The van der Waals surface area contributed by atoms with Crippen LogP contribution in [0.1, 0.15) is 33.1 Å². The number of benzene rings is 1. The van der Waals surface area contributed by atoms with E-state index in [2.05, 4.69) is 34.3 Å². The van der Waals surface area contributed by atoms with Crippen molar-refractivity contribution in [2.75, 3.05) is 5.43 Å². The van der Waals surface area contributed by atoms with Gasteiger partial charge in [0, 0.05) is 23.7 Å². The molecular formula is C15H20N4. The second-order valence-electron chi connectivity index (χ2n) is 5.40. The standard InChI is InChI=1S/C15H20N4/c1-11-6-5-7-12(2)19(11)18-15-16-10-13-8-3-4-9-14(13)17-15/h3-4,8-12H,5-7H2,1-2H3,(H,16,17,18). The van der Waals surface area contributed by atoms with E-state index in [1.807, 2.05) is 30.5 Å². The molecule has 0 radical (unpaired) electrons. The van der Waals surface area contributed by atoms with Crippen molar-refractivity contribution in [3.8, 4) is 0 Å². The number of anilines is 1. The molecular weight excluding hydrogens is 236 g/mol. The number of nitrogens with zero attached hydrogens (tertiary/aromatic N) is 3. The lowest BCUT2D eigenvalue weighted by molar-refractivity contribution is 0.134. The highest BCUT2D eigenvalue weighted by molar-refractivity contribution is 5.78. The van der Waals surface area contributed by atoms with Gasteiger partial charge in [0.1, 0.15) is 0 Å². The zero-order chi connectivity index (χ0) is 13.2. The van der Waals surface area contributed by atoms with Crippen LogP contribution in [0.15, 0.2) is 30.5 Å². The Hall–Kier alpha value is -1.68. The number of piperidine rings is 1. The molecule has 1 N–H and O–H groups in total. The van der Waals surface area contributed by atoms with Crippen LogP contribution in [-0.4, -0.2) is 27.1 Å². The highest BCUT2D eigenvalue weighted by Crippen LogP contribution is 2.22. The van der Waals surface area contributed by atoms with Gasteiger partial charge in [0.2, 0.25) is 5.95 Å². The Morgan fingerprint density at radius 1 is 1.16 bits per heavy atom. The lowest BCUT2D eigenvalue weighted by Gasteiger charge is -2.38. The molecule has 2 atom stereocenters. The minimum Gasteiger partial charge on any atom is -0.286 e. The van der Waals surface area contributed by atoms with Gasteiger partial charge in [0.15, 0.2) is 0 Å². The highest BCUT2D eigenvalue weighted by Gasteiger charge is 2.25. The molecule has 1 saturated heterocycles. The van der Waals surface area contributed by atoms with Crippen molar-refractivity contribution in [2.24, 2.45) is 0 Å². The molecule has 0 saturated carbocycles. The Labute approximate surface area is 113 Å². The van der Waals surface area contributed by atoms with E-state index < -0.39 is 0 Å². The van der Waals surface area contributed by atoms with E-state index in [0.29, 0.717) is 18.0 Å². The molecule has 1 aliphatic rings. The Bertz CT molecular complexity index is 559. The Morgan fingerprint density at radius 3 is 2.68 bits per heavy atom. The van der Waals surface area contributed by atoms with Crippen LogP contribution in [0.25, 0.3) is 10.9 Å². The second kappa shape index (κ2) is 5.13. The molecule has 0 spiro atoms. The molecule has 4 heteroatoms. The summed E-state index contributed by atoms with van der Waals surface area (Å²) in [4.78, 5) is 8.98. The van der Waals surface area contributed by atoms with Crippen molar-refractivity contribution < 1.29 is 0 Å². The van der Waals surface area contributed by atoms with Crippen LogP contribution < -0.4 is 5.43 Å². The molecule has 100 valence electrons. The van der Waals surface area contributed by atoms with Crippen molar-refractivity contribution in [3.63, 3.8) is 0 Å². The van der Waals surface area contributed by atoms with Gasteiger partial charge in [-0.25, -0.2) is 15.0 Å². The Morgan fingerprint density at radius 2 is 1.89 bits per heavy atom. The van der Waals surface area contributed by atoms with Crippen molar-refractivity contribution in [3.05, 3.63) is 30.5 Å². The van der Waals surface area contributed by atoms with Crippen LogP contribution >= 0.6 is 0 Å². The molecule has 1 aliphatic heterocycles. The first-order valence-corrected chi connectivity index (χ1v) is 7.01. The maximum absolute atomic E-state index is 4.57. The fourth-order valence-corrected chi connectivity index (χ4v) is 2.78. The molecule has 0 aliphatic carbocycles. The molecule has 2 aromatic rings. The molecule has 1 aromatic heterocycles. The van der Waals surface area contributed by atoms with E-state index in [9.17, 15) is 0 Å². The summed E-state index contributed by atoms with van der Waals surface area (Å²) in [6.45, 7) is 4.51. The molecule has 2 heterocycles. The van der Waals surface area contributed by atoms with E-state index in [4.69, 9.17) is 0 Å². The summed E-state index contributed by atoms with van der Waals surface area (Å²) in [5.41, 5.74) is 4.37. The summed E-state index contributed by atoms with van der Waals surface area (Å²) in [5.74, 6) is 0.694. The summed E-state index contributed by atoms with van der Waals surface area (Å²) in [6.07, 6.45) is 5.64. The number of aromatic nitrogens is 2. The number of nitrogens with one attached hydrogen (secondary N) is 1. The summed E-state index contributed by atoms with van der Waals surface area (Å²) in [7, 11) is 0. The monoisotopic (exact) mass is 256 g/mol. The van der Waals surface area contributed by atoms with E-state index in [-0.39, 0.29) is 0 Å². The van der Waals surface area contributed by atoms with Crippen molar-refractivity contribution in [1.82, 2.24) is 15.0 Å². The maximum Gasteiger partial charge on any atom is 0.238 e. The average Bonchev–Trinajstić information content (AvgIpc) is 2.43. The summed E-state index contributed by atoms with van der Waals surface area (Å²) in [5, 5.41) is 3.36. The van der Waals surface area contributed by atoms with Gasteiger partial charge < -0.3 is 0 Å². The first-order chi connectivity index (χ1) is 9.24. The van der Waals surface area contributed by atoms with E-state index in [0.717, 1.165) is 10.9 Å². The third-order valence-electron chi connectivity index (χ3n) is 3.91. The zero-order valence-corrected chi connectivity index (χ0v) is 11.5. The van der Waals surface area contributed by atoms with Crippen LogP contribution in [0.3, 0.4) is 0 Å². The van der Waals surface area contributed by atoms with Crippen LogP contribution in [-0.2, 0) is 0 Å². The molecule has 19 heavy (non-hydrogen) atoms. The molecule has 4 nitrogen and oxygen atoms in total. The average molecular weight is 256 g/mol. The largest absolute Gasteiger partial charge is 0.286 e. The number of fused-ring (bicyclic) bond motifs is 1. The summed E-state index contributed by atoms with van der Waals surface area (Å²) in [6, 6.07) is 9.12. The van der Waals surface area contributed by atoms with E-state index >= 15 is 0 Å². The van der Waals surface area contributed by atoms with Gasteiger partial charge in [-0.1, -0.05) is 24.6 Å². The number of hydrogen-bond donors (Lipinski definition) is 1. The van der Waals surface area contributed by atoms with Gasteiger partial charge in [0.05, 0.1) is 5.52 Å². The third-order valence-corrected chi connectivity index (χ3v) is 3.91. The normalized spacial score (nSPS) is 24.5. The van der Waals surface area contributed by atoms with Gasteiger partial charge in [-0.3, -0.25) is 5.43 Å². The van der Waals surface area contributed by atoms with Gasteiger partial charge in [-0.15, -0.1) is 0 Å². The van der Waals surface area contributed by atoms with Crippen LogP contribution in [0.2, 0.25) is 0 Å². The molecule has 1 aromatic carbocycles. The Balaban J connectivity index is 1.84. The lowest BCUT2D eigenvalue weighted by atomic mass is 10.00. The number of para-hydroxylation sites is 1. The molecule has 1 fully saturated rings. The fraction of sp³-hybridized carbons (Fsp3) is 0.467. The predicted molar refractivity (Wildman–Crippen MR) is 77.8 cm³/mol. The predicted octanol–water partition coefficient (Wildman–Crippen LogP) is 3.22. The second-order valence-corrected chi connectivity index (χ2v) is 5.40. The smallest absolute Gasteiger partial charge is 0.238 e. The minimum atomic E-state index is 0.527. The van der Waals surface area contributed by atoms with Crippen molar-refractivity contribution >= 4 is 16.9 Å². The SMILES string of the molecule is CC1CCCC(C)N1Nc1ncc2ccccc2n1. The summed E-state index contributed by atoms with van der Waals surface area (Å²) < 4.78 is 0. The zero-order valence-electron chi connectivity index (χ0n) is 11.5.